The number of nitrogens with zero attached hydrogens (tertiary/aromatic N) is 1. The number of amides is 1. The Labute approximate surface area is 165 Å². The molecule has 0 saturated heterocycles. The van der Waals surface area contributed by atoms with Gasteiger partial charge < -0.3 is 10.1 Å². The molecule has 1 N–H and O–H groups in total. The lowest BCUT2D eigenvalue weighted by Crippen LogP contribution is -2.21. The normalized spacial score (nSPS) is 10.3. The first-order valence-electron chi connectivity index (χ1n) is 8.67. The van der Waals surface area contributed by atoms with Gasteiger partial charge in [-0.1, -0.05) is 12.1 Å². The maximum atomic E-state index is 13.6. The van der Waals surface area contributed by atoms with Gasteiger partial charge in [-0.15, -0.1) is 0 Å². The van der Waals surface area contributed by atoms with Crippen molar-refractivity contribution < 1.29 is 28.4 Å². The smallest absolute Gasteiger partial charge is 0.306 e. The third-order valence-electron chi connectivity index (χ3n) is 4.18. The van der Waals surface area contributed by atoms with Crippen LogP contribution in [0.2, 0.25) is 0 Å². The Morgan fingerprint density at radius 3 is 2.45 bits per heavy atom. The number of ether oxygens (including phenoxy) is 1. The minimum atomic E-state index is -0.866. The number of Topliss-reactive ketones (excluding diaryl/α,β-unsaturated/α-hetero) is 1. The molecule has 0 aliphatic carbocycles. The quantitative estimate of drug-likeness (QED) is 0.313. The summed E-state index contributed by atoms with van der Waals surface area (Å²) in [7, 11) is 0. The molecule has 0 unspecified atom stereocenters. The maximum Gasteiger partial charge on any atom is 0.306 e. The highest BCUT2D eigenvalue weighted by Crippen LogP contribution is 2.21. The van der Waals surface area contributed by atoms with Crippen molar-refractivity contribution in [1.82, 2.24) is 0 Å². The van der Waals surface area contributed by atoms with E-state index in [0.717, 1.165) is 29.3 Å². The molecule has 29 heavy (non-hydrogen) atoms. The Bertz CT molecular complexity index is 973. The van der Waals surface area contributed by atoms with Gasteiger partial charge in [-0.05, 0) is 37.1 Å². The molecule has 2 aromatic carbocycles. The minimum Gasteiger partial charge on any atom is -0.456 e. The van der Waals surface area contributed by atoms with E-state index in [0.29, 0.717) is 5.56 Å². The minimum absolute atomic E-state index is 0.0809. The van der Waals surface area contributed by atoms with Crippen molar-refractivity contribution in [2.45, 2.75) is 26.7 Å². The number of non-ortho nitro benzene ring substituents is 1. The van der Waals surface area contributed by atoms with Crippen LogP contribution in [0.15, 0.2) is 36.4 Å². The number of benzene rings is 2. The number of nitro groups is 1. The Kier molecular flexibility index (Phi) is 7.13. The van der Waals surface area contributed by atoms with Crippen LogP contribution in [-0.2, 0) is 14.3 Å². The molecule has 1 amide bonds. The monoisotopic (exact) mass is 402 g/mol. The molecule has 0 radical (unpaired) electrons. The van der Waals surface area contributed by atoms with Gasteiger partial charge in [0.25, 0.3) is 11.6 Å². The summed E-state index contributed by atoms with van der Waals surface area (Å²) < 4.78 is 18.4. The molecule has 8 nitrogen and oxygen atoms in total. The highest BCUT2D eigenvalue weighted by molar-refractivity contribution is 5.98. The number of nitrogens with one attached hydrogen (secondary N) is 1. The molecule has 0 aliphatic rings. The van der Waals surface area contributed by atoms with Crippen LogP contribution in [0.25, 0.3) is 0 Å². The highest BCUT2D eigenvalue weighted by atomic mass is 19.1. The van der Waals surface area contributed by atoms with Crippen LogP contribution in [0.5, 0.6) is 0 Å². The van der Waals surface area contributed by atoms with Gasteiger partial charge in [-0.3, -0.25) is 24.5 Å². The zero-order chi connectivity index (χ0) is 21.6. The number of aryl methyl sites for hydroxylation is 2. The number of esters is 1. The van der Waals surface area contributed by atoms with Crippen LogP contribution < -0.4 is 5.32 Å². The predicted molar refractivity (Wildman–Crippen MR) is 102 cm³/mol. The SMILES string of the molecule is Cc1ccc(C(=O)CCC(=O)OCC(=O)Nc2cc([N+](=O)[O-])ccc2F)cc1C. The Morgan fingerprint density at radius 1 is 1.07 bits per heavy atom. The van der Waals surface area contributed by atoms with E-state index in [-0.39, 0.29) is 18.6 Å². The number of carbonyl (C=O) groups excluding carboxylic acids is 3. The van der Waals surface area contributed by atoms with Gasteiger partial charge in [-0.2, -0.15) is 0 Å². The van der Waals surface area contributed by atoms with Crippen LogP contribution in [0.3, 0.4) is 0 Å². The molecule has 152 valence electrons. The number of hydrogen-bond donors (Lipinski definition) is 1. The zero-order valence-electron chi connectivity index (χ0n) is 15.9. The summed E-state index contributed by atoms with van der Waals surface area (Å²) in [6, 6.07) is 7.90. The second-order valence-corrected chi connectivity index (χ2v) is 6.35. The zero-order valence-corrected chi connectivity index (χ0v) is 15.9. The molecule has 0 bridgehead atoms. The summed E-state index contributed by atoms with van der Waals surface area (Å²) in [5.41, 5.74) is 1.70. The predicted octanol–water partition coefficient (Wildman–Crippen LogP) is 3.50. The maximum absolute atomic E-state index is 13.6. The lowest BCUT2D eigenvalue weighted by Gasteiger charge is -2.08. The van der Waals surface area contributed by atoms with Crippen LogP contribution >= 0.6 is 0 Å². The first kappa shape index (κ1) is 21.7. The van der Waals surface area contributed by atoms with Gasteiger partial charge >= 0.3 is 5.97 Å². The number of ketones is 1. The summed E-state index contributed by atoms with van der Waals surface area (Å²) in [6.07, 6.45) is -0.299. The fraction of sp³-hybridized carbons (Fsp3) is 0.250. The van der Waals surface area contributed by atoms with Gasteiger partial charge in [0, 0.05) is 24.1 Å². The number of carbonyl (C=O) groups is 3. The van der Waals surface area contributed by atoms with Crippen LogP contribution in [0, 0.1) is 29.8 Å². The summed E-state index contributed by atoms with van der Waals surface area (Å²) in [4.78, 5) is 45.6. The van der Waals surface area contributed by atoms with Crippen molar-refractivity contribution in [1.29, 1.82) is 0 Å². The Hall–Kier alpha value is -3.62. The Morgan fingerprint density at radius 2 is 1.79 bits per heavy atom. The number of anilines is 1. The molecule has 0 aliphatic heterocycles. The van der Waals surface area contributed by atoms with Crippen molar-refractivity contribution in [3.05, 3.63) is 69.0 Å². The van der Waals surface area contributed by atoms with E-state index in [1.165, 1.54) is 0 Å². The largest absolute Gasteiger partial charge is 0.456 e. The first-order chi connectivity index (χ1) is 13.7. The fourth-order valence-electron chi connectivity index (χ4n) is 2.40. The van der Waals surface area contributed by atoms with Gasteiger partial charge in [-0.25, -0.2) is 4.39 Å². The van der Waals surface area contributed by atoms with Crippen molar-refractivity contribution >= 4 is 29.0 Å². The van der Waals surface area contributed by atoms with E-state index in [1.54, 1.807) is 12.1 Å². The van der Waals surface area contributed by atoms with Crippen LogP contribution in [0.4, 0.5) is 15.8 Å². The Balaban J connectivity index is 1.82. The summed E-state index contributed by atoms with van der Waals surface area (Å²) in [5.74, 6) is -2.72. The summed E-state index contributed by atoms with van der Waals surface area (Å²) in [5, 5.41) is 12.8. The van der Waals surface area contributed by atoms with E-state index >= 15 is 0 Å². The molecule has 0 heterocycles. The molecule has 2 rings (SSSR count). The van der Waals surface area contributed by atoms with E-state index < -0.39 is 40.6 Å². The topological polar surface area (TPSA) is 116 Å². The van der Waals surface area contributed by atoms with Gasteiger partial charge in [0.2, 0.25) is 0 Å². The van der Waals surface area contributed by atoms with Crippen molar-refractivity contribution in [2.24, 2.45) is 0 Å². The lowest BCUT2D eigenvalue weighted by atomic mass is 10.0. The molecule has 9 heteroatoms. The van der Waals surface area contributed by atoms with E-state index in [9.17, 15) is 28.9 Å². The molecule has 2 aromatic rings. The molecule has 0 aromatic heterocycles. The van der Waals surface area contributed by atoms with E-state index in [4.69, 9.17) is 4.74 Å². The van der Waals surface area contributed by atoms with Crippen LogP contribution in [-0.4, -0.2) is 29.2 Å². The first-order valence-corrected chi connectivity index (χ1v) is 8.67. The number of halogens is 1. The number of hydrogen-bond acceptors (Lipinski definition) is 6. The average molecular weight is 402 g/mol. The molecule has 0 spiro atoms. The second-order valence-electron chi connectivity index (χ2n) is 6.35. The molecular formula is C20H19FN2O6. The third kappa shape index (κ3) is 6.20. The van der Waals surface area contributed by atoms with E-state index in [1.807, 2.05) is 19.9 Å². The molecule has 0 atom stereocenters. The summed E-state index contributed by atoms with van der Waals surface area (Å²) >= 11 is 0. The highest BCUT2D eigenvalue weighted by Gasteiger charge is 2.15. The second kappa shape index (κ2) is 9.54. The van der Waals surface area contributed by atoms with Crippen molar-refractivity contribution in [3.8, 4) is 0 Å². The number of nitro benzene ring substituents is 1. The van der Waals surface area contributed by atoms with Gasteiger partial charge in [0.15, 0.2) is 12.4 Å². The fourth-order valence-corrected chi connectivity index (χ4v) is 2.40. The van der Waals surface area contributed by atoms with Crippen LogP contribution in [0.1, 0.15) is 34.3 Å². The number of rotatable bonds is 8. The summed E-state index contributed by atoms with van der Waals surface area (Å²) in [6.45, 7) is 3.09. The van der Waals surface area contributed by atoms with Gasteiger partial charge in [0.1, 0.15) is 5.82 Å². The average Bonchev–Trinajstić information content (AvgIpc) is 2.68. The lowest BCUT2D eigenvalue weighted by molar-refractivity contribution is -0.384. The van der Waals surface area contributed by atoms with E-state index in [2.05, 4.69) is 5.32 Å². The standard InChI is InChI=1S/C20H19FN2O6/c1-12-3-4-14(9-13(12)2)18(24)7-8-20(26)29-11-19(25)22-17-10-15(23(27)28)5-6-16(17)21/h3-6,9-10H,7-8,11H2,1-2H3,(H,22,25). The van der Waals surface area contributed by atoms with Gasteiger partial charge in [0.05, 0.1) is 17.0 Å². The molecule has 0 fully saturated rings. The van der Waals surface area contributed by atoms with Crippen molar-refractivity contribution in [2.75, 3.05) is 11.9 Å². The molecular weight excluding hydrogens is 383 g/mol. The molecule has 0 saturated carbocycles. The third-order valence-corrected chi connectivity index (χ3v) is 4.18. The van der Waals surface area contributed by atoms with Crippen molar-refractivity contribution in [3.63, 3.8) is 0 Å².